The summed E-state index contributed by atoms with van der Waals surface area (Å²) >= 11 is 0. The van der Waals surface area contributed by atoms with Gasteiger partial charge >= 0.3 is 5.69 Å². The van der Waals surface area contributed by atoms with Gasteiger partial charge in [0.1, 0.15) is 12.3 Å². The maximum absolute atomic E-state index is 14.0. The predicted molar refractivity (Wildman–Crippen MR) is 219 cm³/mol. The molecule has 4 amide bonds. The highest BCUT2D eigenvalue weighted by Gasteiger charge is 2.31. The quantitative estimate of drug-likeness (QED) is 0.0730. The van der Waals surface area contributed by atoms with Crippen molar-refractivity contribution in [2.24, 2.45) is 5.92 Å². The van der Waals surface area contributed by atoms with Crippen molar-refractivity contribution in [3.05, 3.63) is 112 Å². The molecule has 62 heavy (non-hydrogen) atoms. The van der Waals surface area contributed by atoms with Crippen LogP contribution in [0.4, 0.5) is 14.5 Å². The number of anilines is 1. The van der Waals surface area contributed by atoms with Gasteiger partial charge in [-0.3, -0.25) is 38.6 Å². The van der Waals surface area contributed by atoms with E-state index >= 15 is 0 Å². The highest BCUT2D eigenvalue weighted by molar-refractivity contribution is 6.03. The van der Waals surface area contributed by atoms with Gasteiger partial charge in [-0.1, -0.05) is 25.0 Å². The SMILES string of the molecule is O=C1CCC(n2c(=O)n(CCOCCOCCNC(=O)c3ccc(-n4cc(NC(=O)c5coc(-c6ccnc(CCC7CC7)c6)n5)c(C(F)F)n4)cc3)c3ccccc32)C(=O)N1. The number of hydrogen-bond acceptors (Lipinski definition) is 11. The molecule has 1 saturated heterocycles. The number of para-hydroxylation sites is 2. The molecule has 0 bridgehead atoms. The van der Waals surface area contributed by atoms with Crippen molar-refractivity contribution in [1.29, 1.82) is 0 Å². The van der Waals surface area contributed by atoms with Crippen molar-refractivity contribution in [1.82, 2.24) is 39.5 Å². The summed E-state index contributed by atoms with van der Waals surface area (Å²) in [5, 5.41) is 11.5. The number of imidazole rings is 1. The maximum Gasteiger partial charge on any atom is 0.329 e. The van der Waals surface area contributed by atoms with E-state index in [1.54, 1.807) is 41.1 Å². The van der Waals surface area contributed by atoms with Gasteiger partial charge in [0.2, 0.25) is 17.7 Å². The van der Waals surface area contributed by atoms with Crippen molar-refractivity contribution in [2.45, 2.75) is 57.5 Å². The normalized spacial score (nSPS) is 15.3. The van der Waals surface area contributed by atoms with Gasteiger partial charge in [-0.2, -0.15) is 5.10 Å². The number of rotatable bonds is 19. The molecule has 4 aromatic heterocycles. The largest absolute Gasteiger partial charge is 0.444 e. The number of alkyl halides is 2. The lowest BCUT2D eigenvalue weighted by molar-refractivity contribution is -0.135. The van der Waals surface area contributed by atoms with Crippen LogP contribution in [0.3, 0.4) is 0 Å². The molecule has 17 nitrogen and oxygen atoms in total. The number of hydrogen-bond donors (Lipinski definition) is 3. The number of imide groups is 1. The third-order valence-electron chi connectivity index (χ3n) is 10.7. The Hall–Kier alpha value is -6.86. The van der Waals surface area contributed by atoms with Gasteiger partial charge < -0.3 is 24.5 Å². The van der Waals surface area contributed by atoms with Gasteiger partial charge in [-0.05, 0) is 73.7 Å². The van der Waals surface area contributed by atoms with E-state index in [9.17, 15) is 32.8 Å². The number of aromatic nitrogens is 6. The van der Waals surface area contributed by atoms with E-state index in [1.165, 1.54) is 52.6 Å². The van der Waals surface area contributed by atoms with Gasteiger partial charge in [0.25, 0.3) is 18.2 Å². The molecule has 2 aromatic carbocycles. The van der Waals surface area contributed by atoms with Crippen LogP contribution in [-0.4, -0.2) is 85.5 Å². The molecule has 1 atom stereocenters. The number of nitrogens with one attached hydrogen (secondary N) is 3. The lowest BCUT2D eigenvalue weighted by Crippen LogP contribution is -2.44. The van der Waals surface area contributed by atoms with Crippen LogP contribution in [0.25, 0.3) is 28.2 Å². The molecular formula is C43H43F2N9O8. The second kappa shape index (κ2) is 18.8. The number of oxazole rings is 1. The van der Waals surface area contributed by atoms with Crippen LogP contribution in [0.15, 0.2) is 88.5 Å². The smallest absolute Gasteiger partial charge is 0.329 e. The van der Waals surface area contributed by atoms with Gasteiger partial charge in [0.05, 0.1) is 61.6 Å². The summed E-state index contributed by atoms with van der Waals surface area (Å²) in [6, 6.07) is 16.1. The Kier molecular flexibility index (Phi) is 12.7. The van der Waals surface area contributed by atoms with Gasteiger partial charge in [-0.15, -0.1) is 0 Å². The number of fused-ring (bicyclic) bond motifs is 1. The first-order valence-electron chi connectivity index (χ1n) is 20.3. The number of piperidine rings is 1. The van der Waals surface area contributed by atoms with Crippen LogP contribution in [0, 0.1) is 5.92 Å². The summed E-state index contributed by atoms with van der Waals surface area (Å²) in [7, 11) is 0. The van der Waals surface area contributed by atoms with Gasteiger partial charge in [0, 0.05) is 36.0 Å². The van der Waals surface area contributed by atoms with Crippen molar-refractivity contribution in [2.75, 3.05) is 38.3 Å². The molecule has 1 saturated carbocycles. The summed E-state index contributed by atoms with van der Waals surface area (Å²) < 4.78 is 49.0. The van der Waals surface area contributed by atoms with Crippen molar-refractivity contribution in [3.8, 4) is 17.1 Å². The number of pyridine rings is 1. The van der Waals surface area contributed by atoms with Gasteiger partial charge in [0.15, 0.2) is 11.4 Å². The minimum atomic E-state index is -3.00. The molecule has 5 heterocycles. The number of nitrogens with zero attached hydrogens (tertiary/aromatic N) is 6. The van der Waals surface area contributed by atoms with Gasteiger partial charge in [-0.25, -0.2) is 23.2 Å². The highest BCUT2D eigenvalue weighted by Crippen LogP contribution is 2.34. The first-order chi connectivity index (χ1) is 30.1. The molecule has 6 aromatic rings. The molecule has 0 spiro atoms. The summed E-state index contributed by atoms with van der Waals surface area (Å²) in [6.07, 6.45) is 5.87. The minimum absolute atomic E-state index is 0.0974. The Morgan fingerprint density at radius 1 is 0.935 bits per heavy atom. The number of benzene rings is 2. The summed E-state index contributed by atoms with van der Waals surface area (Å²) in [5.74, 6) is -1.03. The monoisotopic (exact) mass is 851 g/mol. The Morgan fingerprint density at radius 2 is 1.71 bits per heavy atom. The standard InChI is InChI=1S/C43H43F2N9O8/c44-38(45)37-31(48-40(57)32-25-62-42(49-32)28-15-16-46-29(23-28)10-7-26-5-6-26)24-53(51-37)30-11-8-27(9-12-30)39(56)47-17-19-60-21-22-61-20-18-52-33-3-1-2-4-34(33)54(43(52)59)35-13-14-36(55)50-41(35)58/h1-4,8-9,11-12,15-16,23-26,35,38H,5-7,10,13-14,17-22H2,(H,47,56)(H,48,57)(H,50,55,58). The second-order valence-corrected chi connectivity index (χ2v) is 15.0. The van der Waals surface area contributed by atoms with E-state index in [0.29, 0.717) is 27.8 Å². The van der Waals surface area contributed by atoms with E-state index in [-0.39, 0.29) is 87.1 Å². The average molecular weight is 852 g/mol. The predicted octanol–water partition coefficient (Wildman–Crippen LogP) is 5.01. The topological polar surface area (TPSA) is 206 Å². The first kappa shape index (κ1) is 41.9. The fourth-order valence-corrected chi connectivity index (χ4v) is 7.24. The molecule has 0 radical (unpaired) electrons. The third-order valence-corrected chi connectivity index (χ3v) is 10.7. The lowest BCUT2D eigenvalue weighted by atomic mass is 10.1. The Balaban J connectivity index is 0.774. The number of carbonyl (C=O) groups excluding carboxylic acids is 4. The lowest BCUT2D eigenvalue weighted by Gasteiger charge is -2.21. The molecule has 3 N–H and O–H groups in total. The number of amides is 4. The molecule has 8 rings (SSSR count). The van der Waals surface area contributed by atoms with Crippen molar-refractivity contribution < 1.29 is 41.8 Å². The molecule has 1 aliphatic carbocycles. The highest BCUT2D eigenvalue weighted by atomic mass is 19.3. The third kappa shape index (κ3) is 9.68. The number of aryl methyl sites for hydroxylation is 1. The zero-order chi connectivity index (χ0) is 43.2. The number of carbonyl (C=O) groups is 4. The summed E-state index contributed by atoms with van der Waals surface area (Å²) in [4.78, 5) is 72.1. The van der Waals surface area contributed by atoms with E-state index in [0.717, 1.165) is 30.7 Å². The zero-order valence-electron chi connectivity index (χ0n) is 33.4. The van der Waals surface area contributed by atoms with Crippen LogP contribution < -0.4 is 21.6 Å². The van der Waals surface area contributed by atoms with Crippen molar-refractivity contribution >= 4 is 40.3 Å². The Bertz CT molecular complexity index is 2650. The fraction of sp³-hybridized carbons (Fsp3) is 0.349. The van der Waals surface area contributed by atoms with Crippen LogP contribution in [-0.2, 0) is 32.0 Å². The molecule has 19 heteroatoms. The molecule has 1 aliphatic heterocycles. The van der Waals surface area contributed by atoms with Crippen LogP contribution in [0.5, 0.6) is 0 Å². The number of halogens is 2. The van der Waals surface area contributed by atoms with Crippen LogP contribution in [0.2, 0.25) is 0 Å². The maximum atomic E-state index is 14.0. The zero-order valence-corrected chi connectivity index (χ0v) is 33.4. The number of ether oxygens (including phenoxy) is 2. The first-order valence-corrected chi connectivity index (χ1v) is 20.3. The van der Waals surface area contributed by atoms with Crippen LogP contribution >= 0.6 is 0 Å². The molecule has 1 unspecified atom stereocenters. The van der Waals surface area contributed by atoms with Crippen molar-refractivity contribution in [3.63, 3.8) is 0 Å². The Morgan fingerprint density at radius 3 is 2.47 bits per heavy atom. The summed E-state index contributed by atoms with van der Waals surface area (Å²) in [5.41, 5.74) is 2.17. The molecule has 322 valence electrons. The Labute approximate surface area is 352 Å². The average Bonchev–Trinajstić information content (AvgIpc) is 3.66. The van der Waals surface area contributed by atoms with E-state index in [2.05, 4.69) is 31.0 Å². The van der Waals surface area contributed by atoms with E-state index < -0.39 is 30.0 Å². The fourth-order valence-electron chi connectivity index (χ4n) is 7.24. The summed E-state index contributed by atoms with van der Waals surface area (Å²) in [6.45, 7) is 1.30. The molecule has 2 aliphatic rings. The second-order valence-electron chi connectivity index (χ2n) is 15.0. The van der Waals surface area contributed by atoms with Crippen LogP contribution in [0.1, 0.15) is 76.8 Å². The minimum Gasteiger partial charge on any atom is -0.444 e. The molecule has 2 fully saturated rings. The van der Waals surface area contributed by atoms with E-state index in [1.807, 2.05) is 6.07 Å². The molecular weight excluding hydrogens is 809 g/mol. The van der Waals surface area contributed by atoms with E-state index in [4.69, 9.17) is 13.9 Å².